The molecule has 1 unspecified atom stereocenters. The molecule has 1 fully saturated rings. The normalized spacial score (nSPS) is 19.9. The van der Waals surface area contributed by atoms with Gasteiger partial charge >= 0.3 is 0 Å². The minimum Gasteiger partial charge on any atom is -0.350 e. The predicted molar refractivity (Wildman–Crippen MR) is 52.0 cm³/mol. The lowest BCUT2D eigenvalue weighted by atomic mass is 10.1. The van der Waals surface area contributed by atoms with E-state index in [1.807, 2.05) is 6.92 Å². The molecule has 14 heavy (non-hydrogen) atoms. The second-order valence-corrected chi connectivity index (χ2v) is 3.59. The van der Waals surface area contributed by atoms with E-state index in [9.17, 15) is 5.11 Å². The van der Waals surface area contributed by atoms with Crippen LogP contribution in [0, 0.1) is 5.41 Å². The van der Waals surface area contributed by atoms with E-state index in [1.165, 1.54) is 0 Å². The summed E-state index contributed by atoms with van der Waals surface area (Å²) in [7, 11) is 0. The second kappa shape index (κ2) is 6.11. The van der Waals surface area contributed by atoms with Crippen LogP contribution < -0.4 is 0 Å². The zero-order chi connectivity index (χ0) is 10.4. The number of rotatable bonds is 6. The first kappa shape index (κ1) is 11.6. The van der Waals surface area contributed by atoms with E-state index in [1.54, 1.807) is 0 Å². The average Bonchev–Trinajstić information content (AvgIpc) is 2.56. The molecule has 1 radical (unpaired) electrons. The maximum atomic E-state index is 11.3. The Hall–Kier alpha value is -0.450. The third-order valence-corrected chi connectivity index (χ3v) is 2.19. The molecule has 1 heterocycles. The van der Waals surface area contributed by atoms with Crippen molar-refractivity contribution in [1.82, 2.24) is 0 Å². The SMILES string of the molecule is CCCC([O])CC(=N)CC1OCCO1. The fourth-order valence-corrected chi connectivity index (χ4v) is 1.51. The van der Waals surface area contributed by atoms with E-state index < -0.39 is 6.10 Å². The van der Waals surface area contributed by atoms with Crippen LogP contribution in [0.3, 0.4) is 0 Å². The van der Waals surface area contributed by atoms with Crippen molar-refractivity contribution in [1.29, 1.82) is 5.41 Å². The summed E-state index contributed by atoms with van der Waals surface area (Å²) in [6.07, 6.45) is 1.40. The van der Waals surface area contributed by atoms with Gasteiger partial charge in [0.15, 0.2) is 6.29 Å². The molecule has 0 saturated carbocycles. The first-order valence-electron chi connectivity index (χ1n) is 5.17. The average molecular weight is 200 g/mol. The van der Waals surface area contributed by atoms with Gasteiger partial charge in [-0.05, 0) is 6.42 Å². The van der Waals surface area contributed by atoms with Crippen LogP contribution in [0.5, 0.6) is 0 Å². The number of nitrogens with one attached hydrogen (secondary N) is 1. The summed E-state index contributed by atoms with van der Waals surface area (Å²) in [4.78, 5) is 0. The first-order chi connectivity index (χ1) is 6.72. The zero-order valence-electron chi connectivity index (χ0n) is 8.62. The molecule has 0 aromatic carbocycles. The van der Waals surface area contributed by atoms with E-state index in [4.69, 9.17) is 14.9 Å². The maximum Gasteiger partial charge on any atom is 0.162 e. The Bertz CT molecular complexity index is 178. The largest absolute Gasteiger partial charge is 0.350 e. The summed E-state index contributed by atoms with van der Waals surface area (Å²) >= 11 is 0. The minimum absolute atomic E-state index is 0.281. The fraction of sp³-hybridized carbons (Fsp3) is 0.900. The zero-order valence-corrected chi connectivity index (χ0v) is 8.62. The molecule has 1 rings (SSSR count). The Balaban J connectivity index is 2.14. The smallest absolute Gasteiger partial charge is 0.162 e. The van der Waals surface area contributed by atoms with Gasteiger partial charge in [0, 0.05) is 18.6 Å². The Morgan fingerprint density at radius 3 is 2.71 bits per heavy atom. The van der Waals surface area contributed by atoms with Crippen molar-refractivity contribution in [2.45, 2.75) is 45.0 Å². The number of ether oxygens (including phenoxy) is 2. The van der Waals surface area contributed by atoms with Gasteiger partial charge in [-0.15, -0.1) is 0 Å². The van der Waals surface area contributed by atoms with Gasteiger partial charge in [0.2, 0.25) is 0 Å². The molecule has 0 bridgehead atoms. The van der Waals surface area contributed by atoms with Crippen molar-refractivity contribution < 1.29 is 14.6 Å². The van der Waals surface area contributed by atoms with Crippen LogP contribution in [0.2, 0.25) is 0 Å². The van der Waals surface area contributed by atoms with E-state index in [2.05, 4.69) is 0 Å². The van der Waals surface area contributed by atoms with Gasteiger partial charge in [0.1, 0.15) is 0 Å². The van der Waals surface area contributed by atoms with Gasteiger partial charge in [-0.3, -0.25) is 0 Å². The van der Waals surface area contributed by atoms with Gasteiger partial charge in [-0.25, -0.2) is 5.11 Å². The summed E-state index contributed by atoms with van der Waals surface area (Å²) < 4.78 is 10.4. The van der Waals surface area contributed by atoms with Crippen molar-refractivity contribution in [2.24, 2.45) is 0 Å². The lowest BCUT2D eigenvalue weighted by Crippen LogP contribution is -2.18. The molecule has 4 heteroatoms. The van der Waals surface area contributed by atoms with Crippen molar-refractivity contribution in [3.8, 4) is 0 Å². The monoisotopic (exact) mass is 200 g/mol. The van der Waals surface area contributed by atoms with Crippen LogP contribution in [-0.4, -0.2) is 31.3 Å². The van der Waals surface area contributed by atoms with Crippen LogP contribution in [0.25, 0.3) is 0 Å². The van der Waals surface area contributed by atoms with E-state index >= 15 is 0 Å². The highest BCUT2D eigenvalue weighted by atomic mass is 16.7. The van der Waals surface area contributed by atoms with E-state index in [-0.39, 0.29) is 6.29 Å². The van der Waals surface area contributed by atoms with Gasteiger partial charge in [0.25, 0.3) is 0 Å². The fourth-order valence-electron chi connectivity index (χ4n) is 1.51. The third kappa shape index (κ3) is 4.17. The van der Waals surface area contributed by atoms with E-state index in [0.29, 0.717) is 38.2 Å². The number of hydrogen-bond donors (Lipinski definition) is 1. The van der Waals surface area contributed by atoms with Crippen molar-refractivity contribution >= 4 is 5.71 Å². The summed E-state index contributed by atoms with van der Waals surface area (Å²) in [6.45, 7) is 3.19. The van der Waals surface area contributed by atoms with E-state index in [0.717, 1.165) is 6.42 Å². The molecule has 1 aliphatic heterocycles. The molecule has 0 aromatic heterocycles. The Morgan fingerprint density at radius 2 is 2.14 bits per heavy atom. The lowest BCUT2D eigenvalue weighted by molar-refractivity contribution is -0.0356. The topological polar surface area (TPSA) is 62.2 Å². The Morgan fingerprint density at radius 1 is 1.50 bits per heavy atom. The van der Waals surface area contributed by atoms with Crippen LogP contribution in [0.15, 0.2) is 0 Å². The minimum atomic E-state index is -0.631. The molecule has 1 saturated heterocycles. The highest BCUT2D eigenvalue weighted by molar-refractivity contribution is 5.82. The molecular weight excluding hydrogens is 182 g/mol. The van der Waals surface area contributed by atoms with Crippen molar-refractivity contribution in [3.05, 3.63) is 0 Å². The number of hydrogen-bond acceptors (Lipinski definition) is 3. The Labute approximate surface area is 84.7 Å². The molecule has 0 amide bonds. The third-order valence-electron chi connectivity index (χ3n) is 2.19. The standard InChI is InChI=1S/C10H18NO3/c1-2-3-9(12)6-8(11)7-10-13-4-5-14-10/h9-11H,2-7H2,1H3. The van der Waals surface area contributed by atoms with Gasteiger partial charge in [0.05, 0.1) is 19.3 Å². The van der Waals surface area contributed by atoms with Crippen LogP contribution in [0.1, 0.15) is 32.6 Å². The summed E-state index contributed by atoms with van der Waals surface area (Å²) in [5, 5.41) is 18.9. The summed E-state index contributed by atoms with van der Waals surface area (Å²) in [6, 6.07) is 0. The molecule has 1 atom stereocenters. The molecule has 0 spiro atoms. The molecular formula is C10H18NO3. The highest BCUT2D eigenvalue weighted by Gasteiger charge is 2.19. The van der Waals surface area contributed by atoms with Gasteiger partial charge in [-0.2, -0.15) is 0 Å². The summed E-state index contributed by atoms with van der Waals surface area (Å²) in [5.74, 6) is 0. The molecule has 1 aliphatic rings. The van der Waals surface area contributed by atoms with Gasteiger partial charge < -0.3 is 14.9 Å². The van der Waals surface area contributed by atoms with Crippen LogP contribution in [-0.2, 0) is 14.6 Å². The maximum absolute atomic E-state index is 11.3. The van der Waals surface area contributed by atoms with Crippen LogP contribution in [0.4, 0.5) is 0 Å². The lowest BCUT2D eigenvalue weighted by Gasteiger charge is -2.11. The predicted octanol–water partition coefficient (Wildman–Crippen LogP) is 1.76. The molecule has 1 N–H and O–H groups in total. The quantitative estimate of drug-likeness (QED) is 0.664. The molecule has 4 nitrogen and oxygen atoms in total. The first-order valence-corrected chi connectivity index (χ1v) is 5.17. The Kier molecular flexibility index (Phi) is 5.07. The summed E-state index contributed by atoms with van der Waals surface area (Å²) in [5.41, 5.74) is 0.449. The molecule has 0 aliphatic carbocycles. The van der Waals surface area contributed by atoms with Crippen molar-refractivity contribution in [3.63, 3.8) is 0 Å². The molecule has 81 valence electrons. The van der Waals surface area contributed by atoms with Crippen molar-refractivity contribution in [2.75, 3.05) is 13.2 Å². The molecule has 0 aromatic rings. The highest BCUT2D eigenvalue weighted by Crippen LogP contribution is 2.12. The van der Waals surface area contributed by atoms with Crippen LogP contribution >= 0.6 is 0 Å². The second-order valence-electron chi connectivity index (χ2n) is 3.59. The van der Waals surface area contributed by atoms with Gasteiger partial charge in [-0.1, -0.05) is 13.3 Å².